The largest absolute Gasteiger partial charge is 0.389 e. The molecule has 0 amide bonds. The first-order valence-electron chi connectivity index (χ1n) is 5.56. The Hall–Kier alpha value is -1.46. The van der Waals surface area contributed by atoms with Gasteiger partial charge in [0.1, 0.15) is 6.07 Å². The number of aliphatic hydroxyl groups excluding tert-OH is 1. The van der Waals surface area contributed by atoms with E-state index in [0.29, 0.717) is 0 Å². The first-order valence-corrected chi connectivity index (χ1v) is 7.00. The van der Waals surface area contributed by atoms with Crippen LogP contribution in [0.25, 0.3) is 0 Å². The van der Waals surface area contributed by atoms with E-state index in [1.807, 2.05) is 6.07 Å². The van der Waals surface area contributed by atoms with Gasteiger partial charge in [-0.3, -0.25) is 0 Å². The number of sulfonamides is 1. The molecule has 0 saturated heterocycles. The molecule has 0 aliphatic rings. The molecule has 0 aliphatic carbocycles. The maximum Gasteiger partial charge on any atom is 0.244 e. The van der Waals surface area contributed by atoms with Crippen molar-refractivity contribution in [3.05, 3.63) is 29.8 Å². The molecule has 0 heterocycles. The van der Waals surface area contributed by atoms with Crippen LogP contribution in [-0.4, -0.2) is 51.2 Å². The van der Waals surface area contributed by atoms with E-state index < -0.39 is 16.1 Å². The number of hydrogen-bond donors (Lipinski definition) is 1. The van der Waals surface area contributed by atoms with Crippen LogP contribution in [0.1, 0.15) is 5.56 Å². The minimum atomic E-state index is -3.80. The van der Waals surface area contributed by atoms with Crippen LogP contribution in [0.2, 0.25) is 0 Å². The van der Waals surface area contributed by atoms with Gasteiger partial charge in [0.25, 0.3) is 0 Å². The van der Waals surface area contributed by atoms with Crippen molar-refractivity contribution in [3.8, 4) is 6.07 Å². The summed E-state index contributed by atoms with van der Waals surface area (Å²) in [7, 11) is -1.03. The van der Waals surface area contributed by atoms with Gasteiger partial charge in [-0.1, -0.05) is 12.1 Å². The Bertz CT molecular complexity index is 565. The van der Waals surface area contributed by atoms with E-state index in [1.54, 1.807) is 12.1 Å². The number of nitrogens with zero attached hydrogens (tertiary/aromatic N) is 2. The third-order valence-corrected chi connectivity index (χ3v) is 4.40. The molecule has 1 unspecified atom stereocenters. The second-order valence-electron chi connectivity index (χ2n) is 4.00. The van der Waals surface area contributed by atoms with Crippen LogP contribution in [0.3, 0.4) is 0 Å². The molecule has 1 rings (SSSR count). The van der Waals surface area contributed by atoms with Crippen molar-refractivity contribution in [2.45, 2.75) is 11.0 Å². The van der Waals surface area contributed by atoms with Gasteiger partial charge in [-0.25, -0.2) is 8.42 Å². The van der Waals surface area contributed by atoms with Crippen LogP contribution in [0, 0.1) is 11.3 Å². The summed E-state index contributed by atoms with van der Waals surface area (Å²) >= 11 is 0. The highest BCUT2D eigenvalue weighted by atomic mass is 32.2. The molecule has 19 heavy (non-hydrogen) atoms. The lowest BCUT2D eigenvalue weighted by Crippen LogP contribution is -2.36. The fraction of sp³-hybridized carbons (Fsp3) is 0.417. The average Bonchev–Trinajstić information content (AvgIpc) is 2.38. The molecule has 104 valence electrons. The first kappa shape index (κ1) is 15.6. The molecule has 0 spiro atoms. The van der Waals surface area contributed by atoms with Crippen LogP contribution in [0.5, 0.6) is 0 Å². The molecule has 6 nitrogen and oxygen atoms in total. The molecule has 0 aromatic heterocycles. The van der Waals surface area contributed by atoms with Gasteiger partial charge in [0.2, 0.25) is 10.0 Å². The van der Waals surface area contributed by atoms with Crippen molar-refractivity contribution >= 4 is 10.0 Å². The Morgan fingerprint density at radius 2 is 2.11 bits per heavy atom. The summed E-state index contributed by atoms with van der Waals surface area (Å²) in [6, 6.07) is 7.79. The van der Waals surface area contributed by atoms with Crippen molar-refractivity contribution in [3.63, 3.8) is 0 Å². The van der Waals surface area contributed by atoms with Gasteiger partial charge in [-0.2, -0.15) is 9.57 Å². The summed E-state index contributed by atoms with van der Waals surface area (Å²) in [6.07, 6.45) is -0.918. The minimum Gasteiger partial charge on any atom is -0.389 e. The smallest absolute Gasteiger partial charge is 0.244 e. The number of nitriles is 1. The van der Waals surface area contributed by atoms with Gasteiger partial charge < -0.3 is 9.84 Å². The number of methoxy groups -OCH3 is 1. The van der Waals surface area contributed by atoms with E-state index in [4.69, 9.17) is 10.00 Å². The van der Waals surface area contributed by atoms with Crippen LogP contribution in [-0.2, 0) is 14.8 Å². The zero-order valence-electron chi connectivity index (χ0n) is 10.8. The molecule has 0 aliphatic heterocycles. The summed E-state index contributed by atoms with van der Waals surface area (Å²) in [4.78, 5) is -0.0652. The monoisotopic (exact) mass is 284 g/mol. The lowest BCUT2D eigenvalue weighted by molar-refractivity contribution is 0.0554. The second kappa shape index (κ2) is 6.63. The number of hydrogen-bond acceptors (Lipinski definition) is 5. The minimum absolute atomic E-state index is 0.0414. The topological polar surface area (TPSA) is 90.6 Å². The van der Waals surface area contributed by atoms with Gasteiger partial charge in [-0.15, -0.1) is 0 Å². The van der Waals surface area contributed by atoms with Crippen LogP contribution in [0.15, 0.2) is 29.2 Å². The Morgan fingerprint density at radius 1 is 1.47 bits per heavy atom. The number of aliphatic hydroxyl groups is 1. The van der Waals surface area contributed by atoms with Crippen LogP contribution < -0.4 is 0 Å². The van der Waals surface area contributed by atoms with Gasteiger partial charge in [0, 0.05) is 20.7 Å². The Kier molecular flexibility index (Phi) is 5.44. The SMILES string of the molecule is COCC(O)CN(C)S(=O)(=O)c1ccccc1C#N. The highest BCUT2D eigenvalue weighted by Crippen LogP contribution is 2.18. The summed E-state index contributed by atoms with van der Waals surface area (Å²) < 4.78 is 30.3. The third-order valence-electron chi connectivity index (χ3n) is 2.52. The lowest BCUT2D eigenvalue weighted by atomic mass is 10.2. The quantitative estimate of drug-likeness (QED) is 0.805. The van der Waals surface area contributed by atoms with E-state index in [9.17, 15) is 13.5 Å². The van der Waals surface area contributed by atoms with E-state index in [-0.39, 0.29) is 23.6 Å². The van der Waals surface area contributed by atoms with E-state index in [1.165, 1.54) is 26.3 Å². The molecule has 0 radical (unpaired) electrons. The van der Waals surface area contributed by atoms with Crippen molar-refractivity contribution in [2.24, 2.45) is 0 Å². The molecule has 7 heteroatoms. The molecular weight excluding hydrogens is 268 g/mol. The number of likely N-dealkylation sites (N-methyl/N-ethyl adjacent to an activating group) is 1. The highest BCUT2D eigenvalue weighted by molar-refractivity contribution is 7.89. The fourth-order valence-electron chi connectivity index (χ4n) is 1.59. The third kappa shape index (κ3) is 3.75. The molecule has 0 bridgehead atoms. The Balaban J connectivity index is 3.01. The van der Waals surface area contributed by atoms with Crippen LogP contribution >= 0.6 is 0 Å². The summed E-state index contributed by atoms with van der Waals surface area (Å²) in [5.74, 6) is 0. The molecule has 1 N–H and O–H groups in total. The lowest BCUT2D eigenvalue weighted by Gasteiger charge is -2.20. The fourth-order valence-corrected chi connectivity index (χ4v) is 2.94. The van der Waals surface area contributed by atoms with Gasteiger partial charge in [-0.05, 0) is 12.1 Å². The number of benzene rings is 1. The normalized spacial score (nSPS) is 13.2. The number of rotatable bonds is 6. The summed E-state index contributed by atoms with van der Waals surface area (Å²) in [5, 5.41) is 18.5. The predicted octanol–water partition coefficient (Wildman–Crippen LogP) is 0.186. The zero-order valence-corrected chi connectivity index (χ0v) is 11.6. The maximum atomic E-state index is 12.3. The molecule has 1 aromatic rings. The molecule has 0 fully saturated rings. The van der Waals surface area contributed by atoms with E-state index >= 15 is 0 Å². The average molecular weight is 284 g/mol. The standard InChI is InChI=1S/C12H16N2O4S/c1-14(8-11(15)9-18-2)19(16,17)12-6-4-3-5-10(12)7-13/h3-6,11,15H,8-9H2,1-2H3. The molecule has 1 aromatic carbocycles. The van der Waals surface area contributed by atoms with Crippen molar-refractivity contribution in [1.29, 1.82) is 5.26 Å². The van der Waals surface area contributed by atoms with E-state index in [0.717, 1.165) is 4.31 Å². The molecular formula is C12H16N2O4S. The second-order valence-corrected chi connectivity index (χ2v) is 6.02. The number of ether oxygens (including phenoxy) is 1. The first-order chi connectivity index (χ1) is 8.93. The molecule has 1 atom stereocenters. The van der Waals surface area contributed by atoms with Crippen molar-refractivity contribution in [1.82, 2.24) is 4.31 Å². The van der Waals surface area contributed by atoms with Crippen molar-refractivity contribution in [2.75, 3.05) is 27.3 Å². The van der Waals surface area contributed by atoms with E-state index in [2.05, 4.69) is 0 Å². The van der Waals surface area contributed by atoms with Gasteiger partial charge in [0.05, 0.1) is 23.2 Å². The van der Waals surface area contributed by atoms with Crippen LogP contribution in [0.4, 0.5) is 0 Å². The summed E-state index contributed by atoms with van der Waals surface area (Å²) in [6.45, 7) is -0.0598. The van der Waals surface area contributed by atoms with Gasteiger partial charge in [0.15, 0.2) is 0 Å². The summed E-state index contributed by atoms with van der Waals surface area (Å²) in [5.41, 5.74) is 0.0792. The Labute approximate surface area is 112 Å². The molecule has 0 saturated carbocycles. The zero-order chi connectivity index (χ0) is 14.5. The van der Waals surface area contributed by atoms with Gasteiger partial charge >= 0.3 is 0 Å². The Morgan fingerprint density at radius 3 is 2.68 bits per heavy atom. The highest BCUT2D eigenvalue weighted by Gasteiger charge is 2.25. The van der Waals surface area contributed by atoms with Crippen molar-refractivity contribution < 1.29 is 18.3 Å². The predicted molar refractivity (Wildman–Crippen MR) is 68.9 cm³/mol. The maximum absolute atomic E-state index is 12.3.